The number of nitrogens with zero attached hydrogens (tertiary/aromatic N) is 1. The third-order valence-corrected chi connectivity index (χ3v) is 7.01. The summed E-state index contributed by atoms with van der Waals surface area (Å²) in [5.74, 6) is -2.96. The van der Waals surface area contributed by atoms with Gasteiger partial charge in [-0.05, 0) is 38.0 Å². The van der Waals surface area contributed by atoms with Gasteiger partial charge in [-0.2, -0.15) is 4.31 Å². The standard InChI is InChI=1S/C18H20F2N2O4S/c1-11-14-10-13(27(24,25)22-8-6-18(19,20)7-9-22)4-5-15(14)26-16(11)17(23)21-12-2-3-12/h4-5,10,12H,2-3,6-9H2,1H3,(H,21,23). The van der Waals surface area contributed by atoms with E-state index in [-0.39, 0.29) is 35.7 Å². The van der Waals surface area contributed by atoms with Gasteiger partial charge in [0.2, 0.25) is 10.0 Å². The molecule has 0 atom stereocenters. The van der Waals surface area contributed by atoms with Crippen molar-refractivity contribution < 1.29 is 26.4 Å². The maximum absolute atomic E-state index is 13.3. The van der Waals surface area contributed by atoms with Crippen molar-refractivity contribution in [2.75, 3.05) is 13.1 Å². The molecule has 0 bridgehead atoms. The number of rotatable bonds is 4. The van der Waals surface area contributed by atoms with E-state index < -0.39 is 28.8 Å². The van der Waals surface area contributed by atoms with Crippen LogP contribution in [-0.4, -0.2) is 43.7 Å². The molecule has 1 N–H and O–H groups in total. The van der Waals surface area contributed by atoms with Crippen molar-refractivity contribution in [1.29, 1.82) is 0 Å². The largest absolute Gasteiger partial charge is 0.451 e. The van der Waals surface area contributed by atoms with Gasteiger partial charge >= 0.3 is 0 Å². The van der Waals surface area contributed by atoms with Gasteiger partial charge in [-0.15, -0.1) is 0 Å². The Kier molecular flexibility index (Phi) is 4.27. The Hall–Kier alpha value is -2.00. The zero-order valence-electron chi connectivity index (χ0n) is 14.8. The van der Waals surface area contributed by atoms with E-state index >= 15 is 0 Å². The van der Waals surface area contributed by atoms with Crippen LogP contribution < -0.4 is 5.32 Å². The molecule has 2 aromatic rings. The molecule has 1 amide bonds. The van der Waals surface area contributed by atoms with Gasteiger partial charge in [0, 0.05) is 42.9 Å². The van der Waals surface area contributed by atoms with E-state index in [1.54, 1.807) is 6.92 Å². The molecule has 27 heavy (non-hydrogen) atoms. The van der Waals surface area contributed by atoms with Crippen molar-refractivity contribution in [3.05, 3.63) is 29.5 Å². The first-order valence-electron chi connectivity index (χ1n) is 8.89. The van der Waals surface area contributed by atoms with Crippen LogP contribution in [0.25, 0.3) is 11.0 Å². The first-order chi connectivity index (χ1) is 12.7. The number of fused-ring (bicyclic) bond motifs is 1. The molecule has 1 aliphatic carbocycles. The summed E-state index contributed by atoms with van der Waals surface area (Å²) in [6.45, 7) is 1.27. The second-order valence-electron chi connectivity index (χ2n) is 7.22. The van der Waals surface area contributed by atoms with E-state index in [4.69, 9.17) is 4.42 Å². The molecule has 2 aliphatic rings. The van der Waals surface area contributed by atoms with Crippen molar-refractivity contribution in [3.63, 3.8) is 0 Å². The molecule has 2 heterocycles. The molecule has 1 saturated carbocycles. The number of carbonyl (C=O) groups excluding carboxylic acids is 1. The number of benzene rings is 1. The van der Waals surface area contributed by atoms with Crippen LogP contribution in [0.5, 0.6) is 0 Å². The lowest BCUT2D eigenvalue weighted by Gasteiger charge is -2.30. The first-order valence-corrected chi connectivity index (χ1v) is 10.3. The predicted octanol–water partition coefficient (Wildman–Crippen LogP) is 3.05. The Bertz CT molecular complexity index is 1000. The number of carbonyl (C=O) groups is 1. The van der Waals surface area contributed by atoms with Gasteiger partial charge in [-0.1, -0.05) is 0 Å². The zero-order chi connectivity index (χ0) is 19.4. The Labute approximate surface area is 155 Å². The van der Waals surface area contributed by atoms with Crippen molar-refractivity contribution in [2.45, 2.75) is 49.5 Å². The highest BCUT2D eigenvalue weighted by molar-refractivity contribution is 7.89. The highest BCUT2D eigenvalue weighted by atomic mass is 32.2. The number of alkyl halides is 2. The average Bonchev–Trinajstić information content (AvgIpc) is 3.36. The number of piperidine rings is 1. The molecule has 0 spiro atoms. The summed E-state index contributed by atoms with van der Waals surface area (Å²) >= 11 is 0. The minimum absolute atomic E-state index is 0.0123. The van der Waals surface area contributed by atoms with Crippen LogP contribution in [0.1, 0.15) is 41.8 Å². The molecule has 0 unspecified atom stereocenters. The molecular formula is C18H20F2N2O4S. The van der Waals surface area contributed by atoms with Gasteiger partial charge in [-0.3, -0.25) is 4.79 Å². The number of sulfonamides is 1. The van der Waals surface area contributed by atoms with E-state index in [0.717, 1.165) is 17.1 Å². The summed E-state index contributed by atoms with van der Waals surface area (Å²) < 4.78 is 59.0. The summed E-state index contributed by atoms with van der Waals surface area (Å²) in [5.41, 5.74) is 0.975. The van der Waals surface area contributed by atoms with Crippen molar-refractivity contribution >= 4 is 26.9 Å². The minimum atomic E-state index is -3.88. The molecule has 2 fully saturated rings. The number of nitrogens with one attached hydrogen (secondary N) is 1. The maximum Gasteiger partial charge on any atom is 0.287 e. The highest BCUT2D eigenvalue weighted by Gasteiger charge is 2.38. The molecule has 4 rings (SSSR count). The summed E-state index contributed by atoms with van der Waals surface area (Å²) in [7, 11) is -3.88. The Morgan fingerprint density at radius 1 is 1.26 bits per heavy atom. The Morgan fingerprint density at radius 2 is 1.93 bits per heavy atom. The molecule has 1 aromatic carbocycles. The number of hydrogen-bond acceptors (Lipinski definition) is 4. The minimum Gasteiger partial charge on any atom is -0.451 e. The zero-order valence-corrected chi connectivity index (χ0v) is 15.6. The van der Waals surface area contributed by atoms with Crippen LogP contribution >= 0.6 is 0 Å². The van der Waals surface area contributed by atoms with Crippen LogP contribution in [0.4, 0.5) is 8.78 Å². The van der Waals surface area contributed by atoms with Crippen LogP contribution in [0.3, 0.4) is 0 Å². The lowest BCUT2D eigenvalue weighted by atomic mass is 10.1. The van der Waals surface area contributed by atoms with Crippen LogP contribution in [-0.2, 0) is 10.0 Å². The third kappa shape index (κ3) is 3.45. The number of hydrogen-bond donors (Lipinski definition) is 1. The molecule has 1 saturated heterocycles. The fourth-order valence-corrected chi connectivity index (χ4v) is 4.73. The summed E-state index contributed by atoms with van der Waals surface area (Å²) in [6.07, 6.45) is 0.931. The average molecular weight is 398 g/mol. The first kappa shape index (κ1) is 18.4. The Balaban J connectivity index is 1.64. The van der Waals surface area contributed by atoms with Gasteiger partial charge in [-0.25, -0.2) is 17.2 Å². The second kappa shape index (κ2) is 6.27. The van der Waals surface area contributed by atoms with Gasteiger partial charge in [0.05, 0.1) is 4.90 Å². The van der Waals surface area contributed by atoms with Gasteiger partial charge in [0.15, 0.2) is 5.76 Å². The van der Waals surface area contributed by atoms with Crippen molar-refractivity contribution in [2.24, 2.45) is 0 Å². The molecule has 0 radical (unpaired) electrons. The summed E-state index contributed by atoms with van der Waals surface area (Å²) in [4.78, 5) is 12.3. The quantitative estimate of drug-likeness (QED) is 0.859. The monoisotopic (exact) mass is 398 g/mol. The van der Waals surface area contributed by atoms with E-state index in [0.29, 0.717) is 16.5 Å². The SMILES string of the molecule is Cc1c(C(=O)NC2CC2)oc2ccc(S(=O)(=O)N3CCC(F)(F)CC3)cc12. The summed E-state index contributed by atoms with van der Waals surface area (Å²) in [6, 6.07) is 4.51. The van der Waals surface area contributed by atoms with E-state index in [9.17, 15) is 22.0 Å². The predicted molar refractivity (Wildman–Crippen MR) is 94.4 cm³/mol. The molecule has 1 aliphatic heterocycles. The fourth-order valence-electron chi connectivity index (χ4n) is 3.26. The molecule has 6 nitrogen and oxygen atoms in total. The highest BCUT2D eigenvalue weighted by Crippen LogP contribution is 2.33. The molecule has 1 aromatic heterocycles. The maximum atomic E-state index is 13.3. The lowest BCUT2D eigenvalue weighted by molar-refractivity contribution is -0.0412. The number of amides is 1. The van der Waals surface area contributed by atoms with E-state index in [1.165, 1.54) is 18.2 Å². The smallest absolute Gasteiger partial charge is 0.287 e. The van der Waals surface area contributed by atoms with Gasteiger partial charge < -0.3 is 9.73 Å². The summed E-state index contributed by atoms with van der Waals surface area (Å²) in [5, 5.41) is 3.37. The van der Waals surface area contributed by atoms with Crippen molar-refractivity contribution in [3.8, 4) is 0 Å². The van der Waals surface area contributed by atoms with Crippen LogP contribution in [0.2, 0.25) is 0 Å². The van der Waals surface area contributed by atoms with Crippen LogP contribution in [0.15, 0.2) is 27.5 Å². The lowest BCUT2D eigenvalue weighted by Crippen LogP contribution is -2.42. The molecular weight excluding hydrogens is 378 g/mol. The topological polar surface area (TPSA) is 79.6 Å². The van der Waals surface area contributed by atoms with Gasteiger partial charge in [0.25, 0.3) is 11.8 Å². The fraction of sp³-hybridized carbons (Fsp3) is 0.500. The van der Waals surface area contributed by atoms with Gasteiger partial charge in [0.1, 0.15) is 5.58 Å². The normalized spacial score (nSPS) is 20.7. The second-order valence-corrected chi connectivity index (χ2v) is 9.16. The third-order valence-electron chi connectivity index (χ3n) is 5.12. The molecule has 146 valence electrons. The number of aryl methyl sites for hydroxylation is 1. The number of halogens is 2. The van der Waals surface area contributed by atoms with Crippen LogP contribution in [0, 0.1) is 6.92 Å². The Morgan fingerprint density at radius 3 is 2.56 bits per heavy atom. The molecule has 9 heteroatoms. The van der Waals surface area contributed by atoms with E-state index in [1.807, 2.05) is 0 Å². The van der Waals surface area contributed by atoms with Crippen molar-refractivity contribution in [1.82, 2.24) is 9.62 Å². The van der Waals surface area contributed by atoms with E-state index in [2.05, 4.69) is 5.32 Å². The number of furan rings is 1.